The Bertz CT molecular complexity index is 964. The molecule has 1 aromatic rings. The van der Waals surface area contributed by atoms with Gasteiger partial charge in [-0.25, -0.2) is 23.5 Å². The highest BCUT2D eigenvalue weighted by Crippen LogP contribution is 3.03. The lowest BCUT2D eigenvalue weighted by molar-refractivity contribution is -0.129. The van der Waals surface area contributed by atoms with Gasteiger partial charge < -0.3 is 0 Å². The van der Waals surface area contributed by atoms with Gasteiger partial charge >= 0.3 is 11.4 Å². The monoisotopic (exact) mass is 283 g/mol. The zero-order valence-corrected chi connectivity index (χ0v) is 11.4. The van der Waals surface area contributed by atoms with E-state index in [0.717, 1.165) is 6.42 Å². The number of ketones is 1. The molecular weight excluding hydrogens is 270 g/mol. The van der Waals surface area contributed by atoms with E-state index in [1.807, 2.05) is 6.08 Å². The third kappa shape index (κ3) is 0.557. The van der Waals surface area contributed by atoms with E-state index in [4.69, 9.17) is 0 Å². The Kier molecular flexibility index (Phi) is 1.05. The molecule has 1 aromatic heterocycles. The molecule has 0 saturated heterocycles. The fraction of sp³-hybridized carbons (Fsp3) is 0.667. The van der Waals surface area contributed by atoms with Gasteiger partial charge in [-0.1, -0.05) is 6.08 Å². The maximum atomic E-state index is 12.7. The summed E-state index contributed by atoms with van der Waals surface area (Å²) in [5.41, 5.74) is -0.812. The number of nitrogens with zero attached hydrogens (tertiary/aromatic N) is 3. The molecule has 0 aromatic carbocycles. The van der Waals surface area contributed by atoms with Crippen molar-refractivity contribution < 1.29 is 4.79 Å². The minimum absolute atomic E-state index is 0.0365. The van der Waals surface area contributed by atoms with Crippen LogP contribution in [-0.4, -0.2) is 19.7 Å². The molecule has 3 heterocycles. The fourth-order valence-corrected chi connectivity index (χ4v) is 7.73. The van der Waals surface area contributed by atoms with Crippen molar-refractivity contribution in [3.05, 3.63) is 33.1 Å². The Hall–Kier alpha value is -1.85. The van der Waals surface area contributed by atoms with E-state index in [-0.39, 0.29) is 40.1 Å². The third-order valence-corrected chi connectivity index (χ3v) is 7.89. The van der Waals surface area contributed by atoms with Crippen molar-refractivity contribution in [3.63, 3.8) is 0 Å². The largest absolute Gasteiger partial charge is 0.347 e. The minimum atomic E-state index is -0.339. The molecule has 6 nitrogen and oxygen atoms in total. The van der Waals surface area contributed by atoms with Crippen LogP contribution in [-0.2, 0) is 11.8 Å². The summed E-state index contributed by atoms with van der Waals surface area (Å²) in [6, 6.07) is 0.0270. The van der Waals surface area contributed by atoms with Gasteiger partial charge in [-0.2, -0.15) is 0 Å². The van der Waals surface area contributed by atoms with Crippen molar-refractivity contribution in [1.29, 1.82) is 0 Å². The van der Waals surface area contributed by atoms with Crippen LogP contribution in [0.5, 0.6) is 0 Å². The molecule has 4 fully saturated rings. The Morgan fingerprint density at radius 2 is 1.71 bits per heavy atom. The molecule has 0 unspecified atom stereocenters. The predicted molar refractivity (Wildman–Crippen MR) is 69.6 cm³/mol. The van der Waals surface area contributed by atoms with Crippen molar-refractivity contribution in [1.82, 2.24) is 13.9 Å². The quantitative estimate of drug-likeness (QED) is 0.642. The first-order chi connectivity index (χ1) is 10.1. The molecule has 7 aliphatic rings. The molecule has 0 N–H and O–H groups in total. The van der Waals surface area contributed by atoms with E-state index in [0.29, 0.717) is 23.7 Å². The molecule has 2 spiro atoms. The van der Waals surface area contributed by atoms with Gasteiger partial charge in [-0.15, -0.1) is 0 Å². The van der Waals surface area contributed by atoms with Crippen molar-refractivity contribution in [2.75, 3.05) is 0 Å². The van der Waals surface area contributed by atoms with Gasteiger partial charge in [0.05, 0.1) is 17.5 Å². The van der Waals surface area contributed by atoms with E-state index in [2.05, 4.69) is 0 Å². The number of carbonyl (C=O) groups excluding carboxylic acids is 1. The van der Waals surface area contributed by atoms with Crippen LogP contribution in [0.1, 0.15) is 18.5 Å². The van der Waals surface area contributed by atoms with E-state index in [9.17, 15) is 14.4 Å². The van der Waals surface area contributed by atoms with Gasteiger partial charge in [0.1, 0.15) is 0 Å². The molecule has 106 valence electrons. The highest BCUT2D eigenvalue weighted by Gasteiger charge is 3.04. The minimum Gasteiger partial charge on any atom is -0.294 e. The smallest absolute Gasteiger partial charge is 0.294 e. The summed E-state index contributed by atoms with van der Waals surface area (Å²) in [5, 5.41) is 0. The fourth-order valence-electron chi connectivity index (χ4n) is 7.73. The number of allylic oxidation sites excluding steroid dienone is 2. The zero-order chi connectivity index (χ0) is 14.0. The van der Waals surface area contributed by atoms with Gasteiger partial charge in [-0.3, -0.25) is 4.79 Å². The molecule has 2 aliphatic heterocycles. The SMILES string of the molecule is Cn1c(=O)n2n(c1=O)[C@H]1[C@@H]3[C@@H]4[C@@H]3[C@@H]3[C@@]5(CC=CC(=O)[C@@]135)[C@H]42. The first-order valence-electron chi connectivity index (χ1n) is 7.71. The number of rotatable bonds is 0. The first-order valence-corrected chi connectivity index (χ1v) is 7.71. The second-order valence-corrected chi connectivity index (χ2v) is 7.79. The van der Waals surface area contributed by atoms with E-state index in [1.165, 1.54) is 4.57 Å². The summed E-state index contributed by atoms with van der Waals surface area (Å²) < 4.78 is 4.60. The van der Waals surface area contributed by atoms with Crippen LogP contribution in [0.3, 0.4) is 0 Å². The van der Waals surface area contributed by atoms with Crippen LogP contribution in [0.2, 0.25) is 0 Å². The van der Waals surface area contributed by atoms with E-state index in [1.54, 1.807) is 22.5 Å². The number of hydrogen-bond acceptors (Lipinski definition) is 3. The zero-order valence-electron chi connectivity index (χ0n) is 11.4. The topological polar surface area (TPSA) is 66.0 Å². The summed E-state index contributed by atoms with van der Waals surface area (Å²) in [6.45, 7) is 0. The van der Waals surface area contributed by atoms with Gasteiger partial charge in [0.15, 0.2) is 5.78 Å². The van der Waals surface area contributed by atoms with Gasteiger partial charge in [0.2, 0.25) is 0 Å². The maximum absolute atomic E-state index is 12.7. The van der Waals surface area contributed by atoms with E-state index >= 15 is 0 Å². The standard InChI is InChI=1S/C15H13N3O3/c1-16-12(20)17-10-7-6-8(7)11(18(17)13(16)21)15-5(19)3-2-4-14(10,15)9(6)15/h2-3,6-11H,4H2,1H3/t6-,7-,8-,9+,10-,11-,14-,15-/m0/s1. The Morgan fingerprint density at radius 3 is 2.48 bits per heavy atom. The van der Waals surface area contributed by atoms with Crippen LogP contribution in [0.4, 0.5) is 0 Å². The van der Waals surface area contributed by atoms with Crippen molar-refractivity contribution >= 4 is 5.78 Å². The van der Waals surface area contributed by atoms with Gasteiger partial charge in [0, 0.05) is 12.5 Å². The summed E-state index contributed by atoms with van der Waals surface area (Å²) in [4.78, 5) is 37.8. The second kappa shape index (κ2) is 2.21. The molecule has 4 saturated carbocycles. The lowest BCUT2D eigenvalue weighted by Gasteiger charge is -2.48. The lowest BCUT2D eigenvalue weighted by atomic mass is 9.66. The van der Waals surface area contributed by atoms with Crippen LogP contribution >= 0.6 is 0 Å². The molecule has 8 rings (SSSR count). The molecule has 5 aliphatic carbocycles. The molecule has 21 heavy (non-hydrogen) atoms. The number of aromatic nitrogens is 3. The molecular formula is C15H13N3O3. The number of carbonyl (C=O) groups is 1. The Morgan fingerprint density at radius 1 is 1.05 bits per heavy atom. The third-order valence-electron chi connectivity index (χ3n) is 7.89. The summed E-state index contributed by atoms with van der Waals surface area (Å²) in [7, 11) is 1.55. The highest BCUT2D eigenvalue weighted by atomic mass is 16.2. The van der Waals surface area contributed by atoms with Crippen LogP contribution in [0.15, 0.2) is 21.7 Å². The number of hydrogen-bond donors (Lipinski definition) is 0. The summed E-state index contributed by atoms with van der Waals surface area (Å²) in [6.07, 6.45) is 4.63. The summed E-state index contributed by atoms with van der Waals surface area (Å²) >= 11 is 0. The van der Waals surface area contributed by atoms with Gasteiger partial charge in [0.25, 0.3) is 0 Å². The van der Waals surface area contributed by atoms with Crippen LogP contribution in [0, 0.1) is 34.5 Å². The van der Waals surface area contributed by atoms with Gasteiger partial charge in [-0.05, 0) is 36.2 Å². The Labute approximate surface area is 118 Å². The van der Waals surface area contributed by atoms with Crippen molar-refractivity contribution in [2.45, 2.75) is 18.5 Å². The normalized spacial score (nSPS) is 58.2. The first kappa shape index (κ1) is 9.97. The Balaban J connectivity index is 1.70. The van der Waals surface area contributed by atoms with E-state index < -0.39 is 0 Å². The molecule has 0 radical (unpaired) electrons. The lowest BCUT2D eigenvalue weighted by Crippen LogP contribution is -2.55. The molecule has 2 bridgehead atoms. The summed E-state index contributed by atoms with van der Waals surface area (Å²) in [5.74, 6) is 2.24. The predicted octanol–water partition coefficient (Wildman–Crippen LogP) is -0.535. The average molecular weight is 283 g/mol. The van der Waals surface area contributed by atoms with Crippen LogP contribution < -0.4 is 11.4 Å². The second-order valence-electron chi connectivity index (χ2n) is 7.79. The molecule has 8 atom stereocenters. The average Bonchev–Trinajstić information content (AvgIpc) is 3.25. The molecule has 0 amide bonds. The van der Waals surface area contributed by atoms with Crippen molar-refractivity contribution in [2.24, 2.45) is 41.5 Å². The van der Waals surface area contributed by atoms with Crippen LogP contribution in [0.25, 0.3) is 0 Å². The highest BCUT2D eigenvalue weighted by molar-refractivity contribution is 6.02. The van der Waals surface area contributed by atoms with Crippen molar-refractivity contribution in [3.8, 4) is 0 Å². The molecule has 6 heteroatoms. The maximum Gasteiger partial charge on any atom is 0.347 e.